The van der Waals surface area contributed by atoms with Gasteiger partial charge in [0.25, 0.3) is 0 Å². The molecule has 0 amide bonds. The van der Waals surface area contributed by atoms with Gasteiger partial charge in [0.2, 0.25) is 0 Å². The minimum absolute atomic E-state index is 0.406. The second kappa shape index (κ2) is 6.69. The number of carboxylic acids is 1. The molecule has 1 aliphatic heterocycles. The van der Waals surface area contributed by atoms with E-state index in [9.17, 15) is 9.90 Å². The van der Waals surface area contributed by atoms with Crippen LogP contribution in [0.4, 0.5) is 0 Å². The summed E-state index contributed by atoms with van der Waals surface area (Å²) in [6.07, 6.45) is 4.67. The Balaban J connectivity index is 1.55. The molecule has 0 saturated carbocycles. The highest BCUT2D eigenvalue weighted by Gasteiger charge is 2.33. The number of rotatable bonds is 4. The first-order chi connectivity index (χ1) is 12.2. The van der Waals surface area contributed by atoms with Crippen molar-refractivity contribution < 1.29 is 14.6 Å². The third kappa shape index (κ3) is 3.28. The highest BCUT2D eigenvalue weighted by molar-refractivity contribution is 5.82. The van der Waals surface area contributed by atoms with Crippen molar-refractivity contribution in [2.75, 3.05) is 6.61 Å². The van der Waals surface area contributed by atoms with Gasteiger partial charge >= 0.3 is 5.97 Å². The van der Waals surface area contributed by atoms with Gasteiger partial charge in [-0.25, -0.2) is 0 Å². The molecule has 1 fully saturated rings. The lowest BCUT2D eigenvalue weighted by molar-refractivity contribution is -0.151. The van der Waals surface area contributed by atoms with Crippen LogP contribution < -0.4 is 0 Å². The van der Waals surface area contributed by atoms with Crippen LogP contribution >= 0.6 is 0 Å². The molecule has 3 aromatic rings. The number of carbonyl (C=O) groups is 1. The summed E-state index contributed by atoms with van der Waals surface area (Å²) in [5.41, 5.74) is 2.00. The zero-order valence-corrected chi connectivity index (χ0v) is 13.8. The van der Waals surface area contributed by atoms with Gasteiger partial charge in [-0.15, -0.1) is 0 Å². The van der Waals surface area contributed by atoms with Gasteiger partial charge in [0.15, 0.2) is 0 Å². The number of benzene rings is 2. The average Bonchev–Trinajstić information content (AvgIpc) is 3.10. The molecule has 0 bridgehead atoms. The highest BCUT2D eigenvalue weighted by atomic mass is 16.5. The molecule has 128 valence electrons. The fraction of sp³-hybridized carbons (Fsp3) is 0.300. The molecule has 5 heteroatoms. The Labute approximate surface area is 145 Å². The quantitative estimate of drug-likeness (QED) is 0.790. The third-order valence-electron chi connectivity index (χ3n) is 4.78. The van der Waals surface area contributed by atoms with Crippen molar-refractivity contribution >= 4 is 16.7 Å². The fourth-order valence-corrected chi connectivity index (χ4v) is 3.50. The molecule has 1 aliphatic rings. The van der Waals surface area contributed by atoms with Crippen molar-refractivity contribution in [1.82, 2.24) is 9.78 Å². The van der Waals surface area contributed by atoms with Gasteiger partial charge in [0.1, 0.15) is 0 Å². The maximum Gasteiger partial charge on any atom is 0.309 e. The Morgan fingerprint density at radius 2 is 2.08 bits per heavy atom. The van der Waals surface area contributed by atoms with Crippen molar-refractivity contribution in [3.63, 3.8) is 0 Å². The predicted octanol–water partition coefficient (Wildman–Crippen LogP) is 3.64. The van der Waals surface area contributed by atoms with Crippen molar-refractivity contribution in [3.05, 3.63) is 66.0 Å². The maximum absolute atomic E-state index is 11.5. The van der Waals surface area contributed by atoms with E-state index in [0.29, 0.717) is 19.6 Å². The lowest BCUT2D eigenvalue weighted by atomic mass is 9.91. The summed E-state index contributed by atoms with van der Waals surface area (Å²) in [6.45, 7) is 1.25. The Bertz CT molecular complexity index is 903. The highest BCUT2D eigenvalue weighted by Crippen LogP contribution is 2.33. The third-order valence-corrected chi connectivity index (χ3v) is 4.78. The standard InChI is InChI=1S/C20H20N2O3/c23-20(24)18-6-3-9-25-19(18)17-11-21-22(13-17)12-14-7-8-15-4-1-2-5-16(15)10-14/h1-2,4-5,7-8,10-11,13,18-19H,3,6,9,12H2,(H,23,24)/t18-,19+/m1/s1. The maximum atomic E-state index is 11.5. The Morgan fingerprint density at radius 3 is 2.92 bits per heavy atom. The van der Waals surface area contributed by atoms with Gasteiger partial charge in [-0.3, -0.25) is 9.48 Å². The monoisotopic (exact) mass is 336 g/mol. The number of hydrogen-bond donors (Lipinski definition) is 1. The van der Waals surface area contributed by atoms with E-state index in [4.69, 9.17) is 4.74 Å². The van der Waals surface area contributed by atoms with E-state index < -0.39 is 18.0 Å². The van der Waals surface area contributed by atoms with E-state index in [1.165, 1.54) is 10.8 Å². The second-order valence-corrected chi connectivity index (χ2v) is 6.53. The van der Waals surface area contributed by atoms with Crippen LogP contribution in [0.2, 0.25) is 0 Å². The fourth-order valence-electron chi connectivity index (χ4n) is 3.50. The van der Waals surface area contributed by atoms with Crippen LogP contribution in [0.5, 0.6) is 0 Å². The largest absolute Gasteiger partial charge is 0.481 e. The summed E-state index contributed by atoms with van der Waals surface area (Å²) in [6, 6.07) is 14.6. The van der Waals surface area contributed by atoms with Crippen molar-refractivity contribution in [2.24, 2.45) is 5.92 Å². The van der Waals surface area contributed by atoms with Crippen LogP contribution in [0.15, 0.2) is 54.9 Å². The van der Waals surface area contributed by atoms with Gasteiger partial charge in [0.05, 0.1) is 24.8 Å². The number of aromatic nitrogens is 2. The van der Waals surface area contributed by atoms with Crippen molar-refractivity contribution in [3.8, 4) is 0 Å². The van der Waals surface area contributed by atoms with Crippen LogP contribution in [0.1, 0.15) is 30.1 Å². The van der Waals surface area contributed by atoms with Gasteiger partial charge in [0, 0.05) is 18.4 Å². The molecule has 2 heterocycles. The first-order valence-electron chi connectivity index (χ1n) is 8.55. The Morgan fingerprint density at radius 1 is 1.24 bits per heavy atom. The normalized spacial score (nSPS) is 20.6. The van der Waals surface area contributed by atoms with Crippen molar-refractivity contribution in [1.29, 1.82) is 0 Å². The molecule has 5 nitrogen and oxygen atoms in total. The lowest BCUT2D eigenvalue weighted by Gasteiger charge is -2.28. The Hall–Kier alpha value is -2.66. The lowest BCUT2D eigenvalue weighted by Crippen LogP contribution is -2.28. The zero-order chi connectivity index (χ0) is 17.2. The van der Waals surface area contributed by atoms with E-state index in [2.05, 4.69) is 35.4 Å². The number of hydrogen-bond acceptors (Lipinski definition) is 3. The van der Waals surface area contributed by atoms with Crippen LogP contribution in [0.3, 0.4) is 0 Å². The van der Waals surface area contributed by atoms with E-state index in [-0.39, 0.29) is 0 Å². The summed E-state index contributed by atoms with van der Waals surface area (Å²) in [5.74, 6) is -1.29. The molecule has 0 radical (unpaired) electrons. The minimum atomic E-state index is -0.799. The van der Waals surface area contributed by atoms with Crippen LogP contribution in [0, 0.1) is 5.92 Å². The van der Waals surface area contributed by atoms with Crippen molar-refractivity contribution in [2.45, 2.75) is 25.5 Å². The molecule has 0 spiro atoms. The van der Waals surface area contributed by atoms with Gasteiger partial charge in [-0.2, -0.15) is 5.10 Å². The van der Waals surface area contributed by atoms with Crippen LogP contribution in [-0.4, -0.2) is 27.5 Å². The van der Waals surface area contributed by atoms with E-state index in [0.717, 1.165) is 17.5 Å². The van der Waals surface area contributed by atoms with Gasteiger partial charge in [-0.1, -0.05) is 36.4 Å². The molecule has 2 atom stereocenters. The number of nitrogens with zero attached hydrogens (tertiary/aromatic N) is 2. The topological polar surface area (TPSA) is 64.3 Å². The molecule has 2 aromatic carbocycles. The second-order valence-electron chi connectivity index (χ2n) is 6.53. The number of ether oxygens (including phenoxy) is 1. The van der Waals surface area contributed by atoms with E-state index >= 15 is 0 Å². The molecule has 4 rings (SSSR count). The van der Waals surface area contributed by atoms with Crippen LogP contribution in [-0.2, 0) is 16.1 Å². The molecule has 25 heavy (non-hydrogen) atoms. The summed E-state index contributed by atoms with van der Waals surface area (Å²) >= 11 is 0. The average molecular weight is 336 g/mol. The van der Waals surface area contributed by atoms with Gasteiger partial charge < -0.3 is 9.84 Å². The molecule has 0 unspecified atom stereocenters. The smallest absolute Gasteiger partial charge is 0.309 e. The van der Waals surface area contributed by atoms with E-state index in [1.807, 2.05) is 23.0 Å². The SMILES string of the molecule is O=C(O)[C@@H]1CCCO[C@H]1c1cnn(Cc2ccc3ccccc3c2)c1. The summed E-state index contributed by atoms with van der Waals surface area (Å²) in [4.78, 5) is 11.5. The summed E-state index contributed by atoms with van der Waals surface area (Å²) in [7, 11) is 0. The van der Waals surface area contributed by atoms with Crippen LogP contribution in [0.25, 0.3) is 10.8 Å². The first-order valence-corrected chi connectivity index (χ1v) is 8.55. The Kier molecular flexibility index (Phi) is 4.24. The minimum Gasteiger partial charge on any atom is -0.481 e. The van der Waals surface area contributed by atoms with E-state index in [1.54, 1.807) is 6.20 Å². The molecule has 1 N–H and O–H groups in total. The number of aliphatic carboxylic acids is 1. The first kappa shape index (κ1) is 15.8. The molecule has 1 saturated heterocycles. The molecule has 1 aromatic heterocycles. The number of fused-ring (bicyclic) bond motifs is 1. The molecular weight excluding hydrogens is 316 g/mol. The number of carboxylic acid groups (broad SMARTS) is 1. The summed E-state index contributed by atoms with van der Waals surface area (Å²) < 4.78 is 7.57. The molecule has 0 aliphatic carbocycles. The van der Waals surface area contributed by atoms with Gasteiger partial charge in [-0.05, 0) is 35.2 Å². The zero-order valence-electron chi connectivity index (χ0n) is 13.8. The summed E-state index contributed by atoms with van der Waals surface area (Å²) in [5, 5.41) is 16.2. The predicted molar refractivity (Wildman–Crippen MR) is 94.3 cm³/mol. The molecular formula is C20H20N2O3.